The van der Waals surface area contributed by atoms with Crippen LogP contribution in [-0.2, 0) is 0 Å². The molecule has 20 heavy (non-hydrogen) atoms. The van der Waals surface area contributed by atoms with E-state index in [0.717, 1.165) is 36.6 Å². The van der Waals surface area contributed by atoms with Crippen LogP contribution >= 0.6 is 0 Å². The molecular formula is C16H28N2O2. The van der Waals surface area contributed by atoms with E-state index in [0.29, 0.717) is 6.04 Å². The first kappa shape index (κ1) is 16.8. The summed E-state index contributed by atoms with van der Waals surface area (Å²) in [5.41, 5.74) is 7.39. The van der Waals surface area contributed by atoms with Gasteiger partial charge < -0.3 is 15.2 Å². The van der Waals surface area contributed by atoms with E-state index in [1.165, 1.54) is 0 Å². The Morgan fingerprint density at radius 3 is 2.40 bits per heavy atom. The van der Waals surface area contributed by atoms with E-state index in [1.54, 1.807) is 14.2 Å². The highest BCUT2D eigenvalue weighted by atomic mass is 16.5. The second-order valence-corrected chi connectivity index (χ2v) is 5.30. The zero-order chi connectivity index (χ0) is 15.1. The van der Waals surface area contributed by atoms with Gasteiger partial charge in [-0.1, -0.05) is 13.0 Å². The number of nitrogens with zero attached hydrogens (tertiary/aromatic N) is 1. The Morgan fingerprint density at radius 2 is 1.90 bits per heavy atom. The highest BCUT2D eigenvalue weighted by molar-refractivity contribution is 5.42. The molecule has 0 aliphatic rings. The standard InChI is InChI=1S/C16H28N2O2/c1-6-9-18(12(2)3)11-15(17)14-8-7-13(19-4)10-16(14)20-5/h7-8,10,12,15H,6,9,11,17H2,1-5H3. The highest BCUT2D eigenvalue weighted by Crippen LogP contribution is 2.29. The van der Waals surface area contributed by atoms with Gasteiger partial charge >= 0.3 is 0 Å². The molecule has 4 nitrogen and oxygen atoms in total. The summed E-state index contributed by atoms with van der Waals surface area (Å²) >= 11 is 0. The monoisotopic (exact) mass is 280 g/mol. The van der Waals surface area contributed by atoms with Crippen molar-refractivity contribution in [2.75, 3.05) is 27.3 Å². The van der Waals surface area contributed by atoms with Gasteiger partial charge in [-0.25, -0.2) is 0 Å². The third-order valence-electron chi connectivity index (χ3n) is 3.51. The van der Waals surface area contributed by atoms with Crippen LogP contribution in [-0.4, -0.2) is 38.3 Å². The quantitative estimate of drug-likeness (QED) is 0.795. The number of hydrogen-bond donors (Lipinski definition) is 1. The minimum atomic E-state index is -0.0650. The van der Waals surface area contributed by atoms with E-state index in [2.05, 4.69) is 25.7 Å². The fraction of sp³-hybridized carbons (Fsp3) is 0.625. The van der Waals surface area contributed by atoms with E-state index in [4.69, 9.17) is 15.2 Å². The zero-order valence-electron chi connectivity index (χ0n) is 13.3. The van der Waals surface area contributed by atoms with E-state index < -0.39 is 0 Å². The van der Waals surface area contributed by atoms with Gasteiger partial charge in [-0.15, -0.1) is 0 Å². The van der Waals surface area contributed by atoms with Crippen LogP contribution in [0, 0.1) is 0 Å². The molecule has 1 unspecified atom stereocenters. The largest absolute Gasteiger partial charge is 0.497 e. The van der Waals surface area contributed by atoms with Gasteiger partial charge in [-0.05, 0) is 32.9 Å². The Balaban J connectivity index is 2.87. The molecule has 0 radical (unpaired) electrons. The summed E-state index contributed by atoms with van der Waals surface area (Å²) in [5, 5.41) is 0. The van der Waals surface area contributed by atoms with Crippen molar-refractivity contribution in [1.29, 1.82) is 0 Å². The predicted molar refractivity (Wildman–Crippen MR) is 83.5 cm³/mol. The van der Waals surface area contributed by atoms with E-state index in [9.17, 15) is 0 Å². The molecule has 0 aromatic heterocycles. The van der Waals surface area contributed by atoms with Crippen molar-refractivity contribution in [3.8, 4) is 11.5 Å². The second-order valence-electron chi connectivity index (χ2n) is 5.30. The van der Waals surface area contributed by atoms with Gasteiger partial charge in [0.15, 0.2) is 0 Å². The van der Waals surface area contributed by atoms with Crippen molar-refractivity contribution in [2.45, 2.75) is 39.3 Å². The molecule has 0 amide bonds. The van der Waals surface area contributed by atoms with Crippen LogP contribution in [0.4, 0.5) is 0 Å². The Morgan fingerprint density at radius 1 is 1.20 bits per heavy atom. The van der Waals surface area contributed by atoms with E-state index in [-0.39, 0.29) is 6.04 Å². The molecule has 114 valence electrons. The topological polar surface area (TPSA) is 47.7 Å². The van der Waals surface area contributed by atoms with Crippen molar-refractivity contribution in [3.05, 3.63) is 23.8 Å². The fourth-order valence-corrected chi connectivity index (χ4v) is 2.32. The maximum atomic E-state index is 6.37. The maximum Gasteiger partial charge on any atom is 0.127 e. The Bertz CT molecular complexity index is 407. The predicted octanol–water partition coefficient (Wildman–Crippen LogP) is 2.82. The molecule has 0 bridgehead atoms. The SMILES string of the molecule is CCCN(CC(N)c1ccc(OC)cc1OC)C(C)C. The number of hydrogen-bond acceptors (Lipinski definition) is 4. The molecule has 0 aliphatic heterocycles. The number of benzene rings is 1. The number of methoxy groups -OCH3 is 2. The molecule has 1 aromatic rings. The number of ether oxygens (including phenoxy) is 2. The average molecular weight is 280 g/mol. The third kappa shape index (κ3) is 4.39. The summed E-state index contributed by atoms with van der Waals surface area (Å²) in [6.07, 6.45) is 1.13. The molecule has 1 rings (SSSR count). The minimum absolute atomic E-state index is 0.0650. The third-order valence-corrected chi connectivity index (χ3v) is 3.51. The summed E-state index contributed by atoms with van der Waals surface area (Å²) < 4.78 is 10.7. The Hall–Kier alpha value is -1.26. The summed E-state index contributed by atoms with van der Waals surface area (Å²) in [6.45, 7) is 8.48. The lowest BCUT2D eigenvalue weighted by atomic mass is 10.0. The van der Waals surface area contributed by atoms with Gasteiger partial charge in [-0.2, -0.15) is 0 Å². The van der Waals surface area contributed by atoms with Gasteiger partial charge in [0.1, 0.15) is 11.5 Å². The molecule has 1 aromatic carbocycles. The van der Waals surface area contributed by atoms with Gasteiger partial charge in [0.05, 0.1) is 14.2 Å². The Kier molecular flexibility index (Phi) is 6.82. The van der Waals surface area contributed by atoms with Crippen LogP contribution < -0.4 is 15.2 Å². The molecule has 0 fully saturated rings. The molecule has 4 heteroatoms. The first-order valence-corrected chi connectivity index (χ1v) is 7.25. The van der Waals surface area contributed by atoms with Crippen LogP contribution in [0.1, 0.15) is 38.8 Å². The molecule has 0 saturated heterocycles. The lowest BCUT2D eigenvalue weighted by Crippen LogP contribution is -2.37. The average Bonchev–Trinajstić information content (AvgIpc) is 2.45. The van der Waals surface area contributed by atoms with E-state index >= 15 is 0 Å². The summed E-state index contributed by atoms with van der Waals surface area (Å²) in [7, 11) is 3.31. The number of rotatable bonds is 8. The van der Waals surface area contributed by atoms with Crippen molar-refractivity contribution in [2.24, 2.45) is 5.73 Å². The lowest BCUT2D eigenvalue weighted by Gasteiger charge is -2.29. The minimum Gasteiger partial charge on any atom is -0.497 e. The summed E-state index contributed by atoms with van der Waals surface area (Å²) in [4.78, 5) is 2.40. The van der Waals surface area contributed by atoms with Crippen LogP contribution in [0.15, 0.2) is 18.2 Å². The first-order valence-electron chi connectivity index (χ1n) is 7.25. The van der Waals surface area contributed by atoms with Crippen molar-refractivity contribution >= 4 is 0 Å². The van der Waals surface area contributed by atoms with Crippen molar-refractivity contribution in [3.63, 3.8) is 0 Å². The van der Waals surface area contributed by atoms with Gasteiger partial charge in [0.25, 0.3) is 0 Å². The lowest BCUT2D eigenvalue weighted by molar-refractivity contribution is 0.208. The molecule has 0 aliphatic carbocycles. The molecular weight excluding hydrogens is 252 g/mol. The Labute approximate surface area is 122 Å². The number of nitrogens with two attached hydrogens (primary N) is 1. The molecule has 0 heterocycles. The van der Waals surface area contributed by atoms with Crippen LogP contribution in [0.5, 0.6) is 11.5 Å². The highest BCUT2D eigenvalue weighted by Gasteiger charge is 2.18. The van der Waals surface area contributed by atoms with Crippen molar-refractivity contribution in [1.82, 2.24) is 4.90 Å². The maximum absolute atomic E-state index is 6.37. The second kappa shape index (κ2) is 8.12. The van der Waals surface area contributed by atoms with Gasteiger partial charge in [0.2, 0.25) is 0 Å². The summed E-state index contributed by atoms with van der Waals surface area (Å²) in [6, 6.07) is 6.23. The molecule has 1 atom stereocenters. The normalized spacial score (nSPS) is 12.8. The van der Waals surface area contributed by atoms with Gasteiger partial charge in [0, 0.05) is 30.3 Å². The van der Waals surface area contributed by atoms with Gasteiger partial charge in [-0.3, -0.25) is 4.90 Å². The van der Waals surface area contributed by atoms with Crippen LogP contribution in [0.2, 0.25) is 0 Å². The summed E-state index contributed by atoms with van der Waals surface area (Å²) in [5.74, 6) is 1.57. The van der Waals surface area contributed by atoms with Crippen molar-refractivity contribution < 1.29 is 9.47 Å². The molecule has 0 saturated carbocycles. The smallest absolute Gasteiger partial charge is 0.127 e. The zero-order valence-corrected chi connectivity index (χ0v) is 13.3. The molecule has 2 N–H and O–H groups in total. The fourth-order valence-electron chi connectivity index (χ4n) is 2.32. The molecule has 0 spiro atoms. The first-order chi connectivity index (χ1) is 9.53. The van der Waals surface area contributed by atoms with E-state index in [1.807, 2.05) is 18.2 Å². The van der Waals surface area contributed by atoms with Crippen LogP contribution in [0.25, 0.3) is 0 Å². The van der Waals surface area contributed by atoms with Crippen LogP contribution in [0.3, 0.4) is 0 Å².